The second-order valence-corrected chi connectivity index (χ2v) is 9.18. The van der Waals surface area contributed by atoms with Gasteiger partial charge in [-0.2, -0.15) is 4.72 Å². The molecule has 8 nitrogen and oxygen atoms in total. The predicted octanol–water partition coefficient (Wildman–Crippen LogP) is 1.61. The fraction of sp³-hybridized carbons (Fsp3) is 0.500. The molecule has 1 fully saturated rings. The summed E-state index contributed by atoms with van der Waals surface area (Å²) in [5.74, 6) is -0.0182. The summed E-state index contributed by atoms with van der Waals surface area (Å²) in [5.41, 5.74) is 2.82. The summed E-state index contributed by atoms with van der Waals surface area (Å²) in [6.07, 6.45) is 0. The van der Waals surface area contributed by atoms with Crippen molar-refractivity contribution < 1.29 is 17.7 Å². The molecule has 1 aromatic heterocycles. The van der Waals surface area contributed by atoms with Gasteiger partial charge in [-0.15, -0.1) is 0 Å². The number of piperazine rings is 1. The smallest absolute Gasteiger partial charge is 0.246 e. The van der Waals surface area contributed by atoms with Crippen molar-refractivity contribution in [3.63, 3.8) is 0 Å². The van der Waals surface area contributed by atoms with Crippen LogP contribution in [0.4, 0.5) is 0 Å². The highest BCUT2D eigenvalue weighted by Gasteiger charge is 2.31. The summed E-state index contributed by atoms with van der Waals surface area (Å²) in [7, 11) is -3.88. The van der Waals surface area contributed by atoms with Gasteiger partial charge in [0.15, 0.2) is 5.76 Å². The van der Waals surface area contributed by atoms with Crippen LogP contribution in [-0.2, 0) is 21.4 Å². The van der Waals surface area contributed by atoms with Crippen LogP contribution in [-0.4, -0.2) is 61.5 Å². The van der Waals surface area contributed by atoms with Crippen LogP contribution >= 0.6 is 0 Å². The van der Waals surface area contributed by atoms with Gasteiger partial charge in [0.25, 0.3) is 0 Å². The van der Waals surface area contributed by atoms with E-state index in [0.29, 0.717) is 13.1 Å². The molecule has 9 heteroatoms. The largest absolute Gasteiger partial charge is 0.360 e. The molecule has 29 heavy (non-hydrogen) atoms. The molecule has 0 saturated carbocycles. The maximum Gasteiger partial charge on any atom is 0.246 e. The Morgan fingerprint density at radius 2 is 1.83 bits per heavy atom. The number of nitrogens with one attached hydrogen (secondary N) is 1. The third-order valence-corrected chi connectivity index (χ3v) is 7.06. The van der Waals surface area contributed by atoms with Crippen LogP contribution in [0.2, 0.25) is 0 Å². The first kappa shape index (κ1) is 21.5. The molecular formula is C20H28N4O4S. The number of aromatic nitrogens is 1. The number of carbonyl (C=O) groups is 1. The van der Waals surface area contributed by atoms with Gasteiger partial charge in [-0.3, -0.25) is 9.69 Å². The van der Waals surface area contributed by atoms with Crippen molar-refractivity contribution in [2.24, 2.45) is 0 Å². The number of amides is 1. The molecule has 0 unspecified atom stereocenters. The lowest BCUT2D eigenvalue weighted by Crippen LogP contribution is -2.53. The standard InChI is InChI=1S/C20H28N4O4S/c1-14-7-5-6-8-18(14)13-23-9-11-24(12-10-23)20(25)16(3)22-29(26,27)19-15(2)21-28-17(19)4/h5-8,16,22H,9-13H2,1-4H3/t16-/m0/s1. The summed E-state index contributed by atoms with van der Waals surface area (Å²) >= 11 is 0. The van der Waals surface area contributed by atoms with Crippen LogP contribution in [0.25, 0.3) is 0 Å². The van der Waals surface area contributed by atoms with Gasteiger partial charge in [0.2, 0.25) is 15.9 Å². The molecule has 3 rings (SSSR count). The summed E-state index contributed by atoms with van der Waals surface area (Å²) < 4.78 is 32.7. The summed E-state index contributed by atoms with van der Waals surface area (Å²) in [6, 6.07) is 7.42. The molecule has 1 aromatic carbocycles. The van der Waals surface area contributed by atoms with Crippen molar-refractivity contribution in [3.8, 4) is 0 Å². The van der Waals surface area contributed by atoms with Gasteiger partial charge in [-0.25, -0.2) is 8.42 Å². The number of sulfonamides is 1. The average molecular weight is 421 g/mol. The summed E-state index contributed by atoms with van der Waals surface area (Å²) in [5, 5.41) is 3.68. The lowest BCUT2D eigenvalue weighted by Gasteiger charge is -2.36. The molecule has 1 aliphatic rings. The molecule has 1 aliphatic heterocycles. The van der Waals surface area contributed by atoms with Gasteiger partial charge in [-0.05, 0) is 38.8 Å². The zero-order chi connectivity index (χ0) is 21.2. The van der Waals surface area contributed by atoms with Crippen LogP contribution in [0.3, 0.4) is 0 Å². The van der Waals surface area contributed by atoms with E-state index in [0.717, 1.165) is 19.6 Å². The third-order valence-electron chi connectivity index (χ3n) is 5.28. The first-order chi connectivity index (χ1) is 13.7. The number of carbonyl (C=O) groups excluding carboxylic acids is 1. The minimum Gasteiger partial charge on any atom is -0.360 e. The van der Waals surface area contributed by atoms with Gasteiger partial charge in [0.05, 0.1) is 6.04 Å². The molecule has 1 N–H and O–H groups in total. The van der Waals surface area contributed by atoms with Gasteiger partial charge >= 0.3 is 0 Å². The fourth-order valence-corrected chi connectivity index (χ4v) is 5.15. The quantitative estimate of drug-likeness (QED) is 0.763. The van der Waals surface area contributed by atoms with Crippen molar-refractivity contribution in [3.05, 3.63) is 46.8 Å². The van der Waals surface area contributed by atoms with Crippen LogP contribution in [0.15, 0.2) is 33.7 Å². The Balaban J connectivity index is 1.57. The molecule has 2 aromatic rings. The number of hydrogen-bond donors (Lipinski definition) is 1. The van der Waals surface area contributed by atoms with Crippen LogP contribution < -0.4 is 4.72 Å². The van der Waals surface area contributed by atoms with E-state index < -0.39 is 16.1 Å². The fourth-order valence-electron chi connectivity index (χ4n) is 3.63. The van der Waals surface area contributed by atoms with E-state index in [1.54, 1.807) is 18.7 Å². The molecule has 2 heterocycles. The van der Waals surface area contributed by atoms with Gasteiger partial charge in [0, 0.05) is 32.7 Å². The minimum absolute atomic E-state index is 0.000185. The maximum absolute atomic E-state index is 12.8. The Morgan fingerprint density at radius 1 is 1.17 bits per heavy atom. The van der Waals surface area contributed by atoms with Crippen LogP contribution in [0, 0.1) is 20.8 Å². The van der Waals surface area contributed by atoms with Crippen LogP contribution in [0.1, 0.15) is 29.5 Å². The molecule has 0 spiro atoms. The molecule has 158 valence electrons. The predicted molar refractivity (Wildman–Crippen MR) is 109 cm³/mol. The Morgan fingerprint density at radius 3 is 2.41 bits per heavy atom. The van der Waals surface area contributed by atoms with E-state index in [-0.39, 0.29) is 22.3 Å². The Kier molecular flexibility index (Phi) is 6.40. The monoisotopic (exact) mass is 420 g/mol. The lowest BCUT2D eigenvalue weighted by atomic mass is 10.1. The normalized spacial score (nSPS) is 16.8. The summed E-state index contributed by atoms with van der Waals surface area (Å²) in [6.45, 7) is 10.3. The van der Waals surface area contributed by atoms with Crippen LogP contribution in [0.5, 0.6) is 0 Å². The minimum atomic E-state index is -3.88. The van der Waals surface area contributed by atoms with E-state index in [9.17, 15) is 13.2 Å². The zero-order valence-corrected chi connectivity index (χ0v) is 18.1. The number of rotatable bonds is 6. The van der Waals surface area contributed by atoms with E-state index in [2.05, 4.69) is 33.8 Å². The number of nitrogens with zero attached hydrogens (tertiary/aromatic N) is 3. The third kappa shape index (κ3) is 4.85. The first-order valence-electron chi connectivity index (χ1n) is 9.70. The average Bonchev–Trinajstić information content (AvgIpc) is 3.02. The highest BCUT2D eigenvalue weighted by molar-refractivity contribution is 7.89. The van der Waals surface area contributed by atoms with Crippen molar-refractivity contribution in [1.29, 1.82) is 0 Å². The van der Waals surface area contributed by atoms with Gasteiger partial charge in [-0.1, -0.05) is 29.4 Å². The first-order valence-corrected chi connectivity index (χ1v) is 11.2. The highest BCUT2D eigenvalue weighted by Crippen LogP contribution is 2.19. The molecule has 0 bridgehead atoms. The second-order valence-electron chi connectivity index (χ2n) is 7.52. The lowest BCUT2D eigenvalue weighted by molar-refractivity contribution is -0.134. The Labute approximate surface area is 171 Å². The number of hydrogen-bond acceptors (Lipinski definition) is 6. The maximum atomic E-state index is 12.8. The van der Waals surface area contributed by atoms with E-state index in [1.165, 1.54) is 18.1 Å². The Hall–Kier alpha value is -2.23. The molecule has 1 amide bonds. The SMILES string of the molecule is Cc1ccccc1CN1CCN(C(=O)[C@H](C)NS(=O)(=O)c2c(C)noc2C)CC1. The number of benzene rings is 1. The van der Waals surface area contributed by atoms with E-state index in [1.807, 2.05) is 12.1 Å². The topological polar surface area (TPSA) is 95.8 Å². The molecule has 0 aliphatic carbocycles. The molecule has 1 atom stereocenters. The molecule has 1 saturated heterocycles. The summed E-state index contributed by atoms with van der Waals surface area (Å²) in [4.78, 5) is 16.8. The van der Waals surface area contributed by atoms with Crippen molar-refractivity contribution in [1.82, 2.24) is 19.7 Å². The molecular weight excluding hydrogens is 392 g/mol. The highest BCUT2D eigenvalue weighted by atomic mass is 32.2. The molecule has 0 radical (unpaired) electrons. The van der Waals surface area contributed by atoms with Crippen molar-refractivity contribution >= 4 is 15.9 Å². The second kappa shape index (κ2) is 8.64. The van der Waals surface area contributed by atoms with Crippen molar-refractivity contribution in [2.45, 2.75) is 45.2 Å². The van der Waals surface area contributed by atoms with E-state index >= 15 is 0 Å². The van der Waals surface area contributed by atoms with Crippen molar-refractivity contribution in [2.75, 3.05) is 26.2 Å². The zero-order valence-electron chi connectivity index (χ0n) is 17.3. The van der Waals surface area contributed by atoms with E-state index in [4.69, 9.17) is 4.52 Å². The van der Waals surface area contributed by atoms with Gasteiger partial charge < -0.3 is 9.42 Å². The Bertz CT molecular complexity index is 959. The number of aryl methyl sites for hydroxylation is 3. The van der Waals surface area contributed by atoms with Gasteiger partial charge in [0.1, 0.15) is 10.6 Å².